The number of rotatable bonds is 1. The lowest BCUT2D eigenvalue weighted by molar-refractivity contribution is -0.121. The van der Waals surface area contributed by atoms with Crippen LogP contribution in [0, 0.1) is 5.92 Å². The molecule has 15 heavy (non-hydrogen) atoms. The molecule has 2 N–H and O–H groups in total. The zero-order valence-corrected chi connectivity index (χ0v) is 9.45. The summed E-state index contributed by atoms with van der Waals surface area (Å²) in [7, 11) is 0. The van der Waals surface area contributed by atoms with E-state index < -0.39 is 0 Å². The molecule has 1 amide bonds. The molecule has 0 aromatic carbocycles. The number of nitrogens with two attached hydrogens (primary N) is 1. The lowest BCUT2D eigenvalue weighted by Gasteiger charge is -2.28. The molecule has 0 aromatic rings. The summed E-state index contributed by atoms with van der Waals surface area (Å²) in [5.41, 5.74) is 7.87. The van der Waals surface area contributed by atoms with Crippen LogP contribution in [0.25, 0.3) is 0 Å². The average molecular weight is 207 g/mol. The molecule has 82 valence electrons. The van der Waals surface area contributed by atoms with Gasteiger partial charge in [-0.1, -0.05) is 0 Å². The first-order valence-corrected chi connectivity index (χ1v) is 5.31. The Bertz CT molecular complexity index is 370. The minimum absolute atomic E-state index is 0.0506. The van der Waals surface area contributed by atoms with Crippen LogP contribution in [0.2, 0.25) is 0 Å². The molecule has 0 aliphatic carbocycles. The van der Waals surface area contributed by atoms with Gasteiger partial charge >= 0.3 is 0 Å². The lowest BCUT2D eigenvalue weighted by atomic mass is 10.0. The zero-order valence-electron chi connectivity index (χ0n) is 9.45. The van der Waals surface area contributed by atoms with E-state index in [1.165, 1.54) is 11.3 Å². The van der Waals surface area contributed by atoms with Gasteiger partial charge in [-0.15, -0.1) is 0 Å². The second-order valence-corrected chi connectivity index (χ2v) is 4.40. The highest BCUT2D eigenvalue weighted by atomic mass is 16.1. The van der Waals surface area contributed by atoms with E-state index in [2.05, 4.69) is 23.7 Å². The van der Waals surface area contributed by atoms with E-state index in [1.54, 1.807) is 0 Å². The Morgan fingerprint density at radius 1 is 1.53 bits per heavy atom. The SMILES string of the molecule is CC1=N[C@H](C)C(C)=C2C[C@@H](C(N)=O)CN12. The highest BCUT2D eigenvalue weighted by Gasteiger charge is 2.35. The molecule has 2 aliphatic heterocycles. The van der Waals surface area contributed by atoms with Crippen LogP contribution in [0.5, 0.6) is 0 Å². The Morgan fingerprint density at radius 3 is 2.80 bits per heavy atom. The number of hydrogen-bond donors (Lipinski definition) is 1. The Labute approximate surface area is 89.8 Å². The molecule has 4 heteroatoms. The second kappa shape index (κ2) is 3.36. The van der Waals surface area contributed by atoms with Crippen molar-refractivity contribution in [1.82, 2.24) is 4.90 Å². The number of allylic oxidation sites excluding steroid dienone is 1. The van der Waals surface area contributed by atoms with Gasteiger partial charge in [0.15, 0.2) is 0 Å². The van der Waals surface area contributed by atoms with Crippen LogP contribution in [0.3, 0.4) is 0 Å². The average Bonchev–Trinajstić information content (AvgIpc) is 2.59. The molecular formula is C11H17N3O. The van der Waals surface area contributed by atoms with Gasteiger partial charge in [-0.2, -0.15) is 0 Å². The third-order valence-electron chi connectivity index (χ3n) is 3.42. The van der Waals surface area contributed by atoms with E-state index in [9.17, 15) is 4.79 Å². The van der Waals surface area contributed by atoms with Gasteiger partial charge in [0.1, 0.15) is 5.84 Å². The topological polar surface area (TPSA) is 58.7 Å². The number of carbonyl (C=O) groups excluding carboxylic acids is 1. The number of fused-ring (bicyclic) bond motifs is 1. The van der Waals surface area contributed by atoms with Gasteiger partial charge in [-0.25, -0.2) is 0 Å². The van der Waals surface area contributed by atoms with Gasteiger partial charge in [-0.05, 0) is 26.3 Å². The number of carbonyl (C=O) groups is 1. The predicted molar refractivity (Wildman–Crippen MR) is 59.3 cm³/mol. The summed E-state index contributed by atoms with van der Waals surface area (Å²) < 4.78 is 0. The Kier molecular flexibility index (Phi) is 2.29. The number of primary amides is 1. The molecule has 0 saturated carbocycles. The molecule has 0 aromatic heterocycles. The molecule has 1 saturated heterocycles. The molecule has 4 nitrogen and oxygen atoms in total. The van der Waals surface area contributed by atoms with Crippen molar-refractivity contribution in [2.75, 3.05) is 6.54 Å². The molecule has 0 radical (unpaired) electrons. The fraction of sp³-hybridized carbons (Fsp3) is 0.636. The number of amides is 1. The van der Waals surface area contributed by atoms with Crippen LogP contribution in [-0.4, -0.2) is 29.2 Å². The zero-order chi connectivity index (χ0) is 11.2. The first-order valence-electron chi connectivity index (χ1n) is 5.31. The van der Waals surface area contributed by atoms with Crippen molar-refractivity contribution < 1.29 is 4.79 Å². The van der Waals surface area contributed by atoms with Crippen molar-refractivity contribution in [2.24, 2.45) is 16.6 Å². The number of amidine groups is 1. The predicted octanol–water partition coefficient (Wildman–Crippen LogP) is 0.888. The van der Waals surface area contributed by atoms with Crippen molar-refractivity contribution in [2.45, 2.75) is 33.2 Å². The molecule has 2 heterocycles. The molecule has 1 fully saturated rings. The monoisotopic (exact) mass is 207 g/mol. The maximum Gasteiger partial charge on any atom is 0.222 e. The summed E-state index contributed by atoms with van der Waals surface area (Å²) in [6, 6.07) is 0.239. The molecule has 2 aliphatic rings. The molecule has 0 unspecified atom stereocenters. The van der Waals surface area contributed by atoms with E-state index in [0.717, 1.165) is 12.3 Å². The van der Waals surface area contributed by atoms with Crippen molar-refractivity contribution in [3.8, 4) is 0 Å². The third-order valence-corrected chi connectivity index (χ3v) is 3.42. The van der Waals surface area contributed by atoms with E-state index >= 15 is 0 Å². The first kappa shape index (κ1) is 10.2. The van der Waals surface area contributed by atoms with Gasteiger partial charge in [0.05, 0.1) is 12.0 Å². The van der Waals surface area contributed by atoms with Crippen molar-refractivity contribution >= 4 is 11.7 Å². The fourth-order valence-electron chi connectivity index (χ4n) is 2.32. The van der Waals surface area contributed by atoms with Crippen molar-refractivity contribution in [1.29, 1.82) is 0 Å². The normalized spacial score (nSPS) is 30.3. The number of hydrogen-bond acceptors (Lipinski definition) is 3. The molecule has 0 bridgehead atoms. The summed E-state index contributed by atoms with van der Waals surface area (Å²) in [6.45, 7) is 6.86. The van der Waals surface area contributed by atoms with Gasteiger partial charge in [0, 0.05) is 18.7 Å². The minimum atomic E-state index is -0.204. The maximum absolute atomic E-state index is 11.2. The van der Waals surface area contributed by atoms with Crippen LogP contribution in [0.15, 0.2) is 16.3 Å². The summed E-state index contributed by atoms with van der Waals surface area (Å²) in [5, 5.41) is 0. The van der Waals surface area contributed by atoms with Crippen molar-refractivity contribution in [3.05, 3.63) is 11.3 Å². The smallest absolute Gasteiger partial charge is 0.222 e. The molecule has 0 spiro atoms. The number of aliphatic imine (C=N–C) groups is 1. The third kappa shape index (κ3) is 1.54. The maximum atomic E-state index is 11.2. The Balaban J connectivity index is 2.32. The van der Waals surface area contributed by atoms with Gasteiger partial charge < -0.3 is 10.6 Å². The Morgan fingerprint density at radius 2 is 2.20 bits per heavy atom. The van der Waals surface area contributed by atoms with Crippen LogP contribution in [0.4, 0.5) is 0 Å². The summed E-state index contributed by atoms with van der Waals surface area (Å²) in [4.78, 5) is 17.8. The molecular weight excluding hydrogens is 190 g/mol. The summed E-state index contributed by atoms with van der Waals surface area (Å²) in [6.07, 6.45) is 0.776. The van der Waals surface area contributed by atoms with Gasteiger partial charge in [-0.3, -0.25) is 9.79 Å². The highest BCUT2D eigenvalue weighted by molar-refractivity contribution is 5.86. The van der Waals surface area contributed by atoms with E-state index in [-0.39, 0.29) is 17.9 Å². The van der Waals surface area contributed by atoms with E-state index in [1.807, 2.05) is 6.92 Å². The largest absolute Gasteiger partial charge is 0.369 e. The number of nitrogens with zero attached hydrogens (tertiary/aromatic N) is 2. The fourth-order valence-corrected chi connectivity index (χ4v) is 2.32. The highest BCUT2D eigenvalue weighted by Crippen LogP contribution is 2.33. The standard InChI is InChI=1S/C11H17N3O/c1-6-7(2)13-8(3)14-5-9(11(12)15)4-10(6)14/h7,9H,4-5H2,1-3H3,(H2,12,15)/t7-,9-/m1/s1. The van der Waals surface area contributed by atoms with Crippen LogP contribution >= 0.6 is 0 Å². The van der Waals surface area contributed by atoms with E-state index in [0.29, 0.717) is 6.54 Å². The van der Waals surface area contributed by atoms with Gasteiger partial charge in [0.25, 0.3) is 0 Å². The molecule has 2 rings (SSSR count). The lowest BCUT2D eigenvalue weighted by Crippen LogP contribution is -2.33. The quantitative estimate of drug-likeness (QED) is 0.694. The minimum Gasteiger partial charge on any atom is -0.369 e. The van der Waals surface area contributed by atoms with Crippen LogP contribution in [0.1, 0.15) is 27.2 Å². The van der Waals surface area contributed by atoms with Gasteiger partial charge in [0.2, 0.25) is 5.91 Å². The first-order chi connectivity index (χ1) is 7.00. The van der Waals surface area contributed by atoms with Crippen LogP contribution < -0.4 is 5.73 Å². The molecule has 2 atom stereocenters. The van der Waals surface area contributed by atoms with Crippen molar-refractivity contribution in [3.63, 3.8) is 0 Å². The van der Waals surface area contributed by atoms with Crippen LogP contribution in [-0.2, 0) is 4.79 Å². The summed E-state index contributed by atoms with van der Waals surface area (Å²) in [5.74, 6) is 0.752. The van der Waals surface area contributed by atoms with E-state index in [4.69, 9.17) is 5.73 Å². The second-order valence-electron chi connectivity index (χ2n) is 4.40. The summed E-state index contributed by atoms with van der Waals surface area (Å²) >= 11 is 0. The Hall–Kier alpha value is -1.32.